The summed E-state index contributed by atoms with van der Waals surface area (Å²) in [6, 6.07) is 8.65. The molecule has 36 heavy (non-hydrogen) atoms. The lowest BCUT2D eigenvalue weighted by molar-refractivity contribution is -0.138. The van der Waals surface area contributed by atoms with Crippen molar-refractivity contribution < 1.29 is 32.5 Å². The summed E-state index contributed by atoms with van der Waals surface area (Å²) in [6.07, 6.45) is -3.61. The molecule has 2 aliphatic heterocycles. The van der Waals surface area contributed by atoms with Gasteiger partial charge in [0.15, 0.2) is 11.6 Å². The van der Waals surface area contributed by atoms with E-state index in [9.17, 15) is 18.3 Å². The van der Waals surface area contributed by atoms with Crippen LogP contribution in [0.25, 0.3) is 11.1 Å². The molecule has 0 bridgehead atoms. The van der Waals surface area contributed by atoms with Crippen LogP contribution in [0.1, 0.15) is 35.8 Å². The van der Waals surface area contributed by atoms with Crippen LogP contribution in [-0.4, -0.2) is 46.6 Å². The fourth-order valence-electron chi connectivity index (χ4n) is 4.62. The molecule has 11 heteroatoms. The third-order valence-corrected chi connectivity index (χ3v) is 6.70. The average molecular weight is 522 g/mol. The van der Waals surface area contributed by atoms with Crippen LogP contribution < -0.4 is 10.5 Å². The number of halogens is 4. The minimum absolute atomic E-state index is 0.0388. The summed E-state index contributed by atoms with van der Waals surface area (Å²) in [5, 5.41) is 10.1. The Hall–Kier alpha value is -2.92. The van der Waals surface area contributed by atoms with Gasteiger partial charge in [0.1, 0.15) is 18.3 Å². The average Bonchev–Trinajstić information content (AvgIpc) is 3.42. The van der Waals surface area contributed by atoms with Gasteiger partial charge in [0.05, 0.1) is 30.8 Å². The van der Waals surface area contributed by atoms with Crippen LogP contribution in [0, 0.1) is 0 Å². The quantitative estimate of drug-likeness (QED) is 0.498. The smallest absolute Gasteiger partial charge is 0.416 e. The third kappa shape index (κ3) is 4.73. The number of ether oxygens (including phenoxy) is 3. The predicted molar refractivity (Wildman–Crippen MR) is 126 cm³/mol. The molecule has 7 nitrogen and oxygen atoms in total. The van der Waals surface area contributed by atoms with E-state index in [1.807, 2.05) is 12.1 Å². The lowest BCUT2D eigenvalue weighted by atomic mass is 9.96. The number of nitrogens with two attached hydrogens (primary N) is 1. The van der Waals surface area contributed by atoms with E-state index in [4.69, 9.17) is 31.5 Å². The molecule has 2 fully saturated rings. The van der Waals surface area contributed by atoms with E-state index in [1.165, 1.54) is 25.3 Å². The molecule has 190 valence electrons. The van der Waals surface area contributed by atoms with Crippen molar-refractivity contribution >= 4 is 17.4 Å². The van der Waals surface area contributed by atoms with E-state index >= 15 is 0 Å². The Labute approximate surface area is 210 Å². The molecule has 0 spiro atoms. The highest BCUT2D eigenvalue weighted by Crippen LogP contribution is 2.39. The minimum atomic E-state index is -4.57. The Morgan fingerprint density at radius 1 is 1.06 bits per heavy atom. The van der Waals surface area contributed by atoms with E-state index in [2.05, 4.69) is 9.97 Å². The molecule has 5 atom stereocenters. The Morgan fingerprint density at radius 2 is 1.81 bits per heavy atom. The van der Waals surface area contributed by atoms with Gasteiger partial charge in [-0.1, -0.05) is 17.7 Å². The molecule has 4 heterocycles. The van der Waals surface area contributed by atoms with E-state index in [0.29, 0.717) is 17.7 Å². The first-order valence-electron chi connectivity index (χ1n) is 11.3. The fourth-order valence-corrected chi connectivity index (χ4v) is 4.80. The Morgan fingerprint density at radius 3 is 2.53 bits per heavy atom. The summed E-state index contributed by atoms with van der Waals surface area (Å²) in [7, 11) is 0. The first-order valence-corrected chi connectivity index (χ1v) is 11.7. The third-order valence-electron chi connectivity index (χ3n) is 6.47. The number of nitrogens with zero attached hydrogens (tertiary/aromatic N) is 2. The zero-order valence-electron chi connectivity index (χ0n) is 19.1. The molecule has 2 aromatic heterocycles. The molecule has 3 N–H and O–H groups in total. The number of hydrogen-bond acceptors (Lipinski definition) is 7. The second-order valence-corrected chi connectivity index (χ2v) is 9.27. The highest BCUT2D eigenvalue weighted by Gasteiger charge is 2.48. The molecule has 1 aromatic carbocycles. The van der Waals surface area contributed by atoms with Gasteiger partial charge in [-0.2, -0.15) is 13.2 Å². The van der Waals surface area contributed by atoms with Crippen molar-refractivity contribution in [2.24, 2.45) is 0 Å². The Bertz CT molecular complexity index is 1260. The number of rotatable bonds is 5. The number of anilines is 1. The van der Waals surface area contributed by atoms with Crippen LogP contribution in [0.3, 0.4) is 0 Å². The molecule has 2 saturated heterocycles. The number of benzene rings is 1. The van der Waals surface area contributed by atoms with Gasteiger partial charge in [0.2, 0.25) is 0 Å². The lowest BCUT2D eigenvalue weighted by Gasteiger charge is -2.21. The largest absolute Gasteiger partial charge is 0.482 e. The van der Waals surface area contributed by atoms with Crippen molar-refractivity contribution in [1.82, 2.24) is 9.97 Å². The van der Waals surface area contributed by atoms with Crippen molar-refractivity contribution in [3.8, 4) is 16.9 Å². The van der Waals surface area contributed by atoms with Gasteiger partial charge < -0.3 is 25.1 Å². The van der Waals surface area contributed by atoms with Gasteiger partial charge in [-0.05, 0) is 37.3 Å². The summed E-state index contributed by atoms with van der Waals surface area (Å²) in [6.45, 7) is 2.13. The van der Waals surface area contributed by atoms with Crippen LogP contribution in [0.4, 0.5) is 19.0 Å². The molecule has 5 rings (SSSR count). The molecule has 0 saturated carbocycles. The van der Waals surface area contributed by atoms with Gasteiger partial charge in [0, 0.05) is 39.8 Å². The maximum Gasteiger partial charge on any atom is 0.416 e. The van der Waals surface area contributed by atoms with Gasteiger partial charge in [0.25, 0.3) is 0 Å². The molecule has 0 amide bonds. The van der Waals surface area contributed by atoms with Crippen LogP contribution in [-0.2, 0) is 15.7 Å². The molecule has 0 unspecified atom stereocenters. The van der Waals surface area contributed by atoms with Crippen LogP contribution >= 0.6 is 11.6 Å². The van der Waals surface area contributed by atoms with E-state index < -0.39 is 23.9 Å². The maximum absolute atomic E-state index is 13.5. The molecule has 2 aliphatic rings. The second-order valence-electron chi connectivity index (χ2n) is 8.84. The van der Waals surface area contributed by atoms with Crippen molar-refractivity contribution in [2.75, 3.05) is 18.9 Å². The normalized spacial score (nSPS) is 24.5. The molecule has 0 aliphatic carbocycles. The first kappa shape index (κ1) is 24.8. The molecule has 0 radical (unpaired) electrons. The molecule has 3 aromatic rings. The van der Waals surface area contributed by atoms with E-state index in [-0.39, 0.29) is 46.9 Å². The van der Waals surface area contributed by atoms with Crippen molar-refractivity contribution in [3.05, 3.63) is 70.6 Å². The number of nitrogen functional groups attached to an aromatic ring is 1. The number of aromatic nitrogens is 2. The summed E-state index contributed by atoms with van der Waals surface area (Å²) >= 11 is 5.95. The van der Waals surface area contributed by atoms with Crippen LogP contribution in [0.2, 0.25) is 5.02 Å². The highest BCUT2D eigenvalue weighted by atomic mass is 35.5. The second kappa shape index (κ2) is 9.51. The monoisotopic (exact) mass is 521 g/mol. The number of alkyl halides is 3. The zero-order valence-corrected chi connectivity index (χ0v) is 19.8. The van der Waals surface area contributed by atoms with Crippen molar-refractivity contribution in [2.45, 2.75) is 43.4 Å². The summed E-state index contributed by atoms with van der Waals surface area (Å²) < 4.78 is 57.7. The Balaban J connectivity index is 1.37. The van der Waals surface area contributed by atoms with Crippen molar-refractivity contribution in [3.63, 3.8) is 0 Å². The van der Waals surface area contributed by atoms with Gasteiger partial charge in [-0.25, -0.2) is 4.98 Å². The summed E-state index contributed by atoms with van der Waals surface area (Å²) in [4.78, 5) is 8.70. The number of pyridine rings is 2. The number of aliphatic hydroxyl groups is 1. The van der Waals surface area contributed by atoms with E-state index in [1.54, 1.807) is 12.3 Å². The Kier molecular flexibility index (Phi) is 6.54. The van der Waals surface area contributed by atoms with Gasteiger partial charge >= 0.3 is 6.18 Å². The van der Waals surface area contributed by atoms with Crippen LogP contribution in [0.5, 0.6) is 5.75 Å². The topological polar surface area (TPSA) is 99.7 Å². The first-order chi connectivity index (χ1) is 17.1. The number of aliphatic hydroxyl groups excluding tert-OH is 1. The number of hydrogen-bond donors (Lipinski definition) is 2. The fraction of sp³-hybridized carbons (Fsp3) is 0.360. The van der Waals surface area contributed by atoms with Gasteiger partial charge in [-0.15, -0.1) is 0 Å². The summed E-state index contributed by atoms with van der Waals surface area (Å²) in [5.41, 5.74) is 7.13. The maximum atomic E-state index is 13.5. The molecular formula is C25H23ClF3N3O4. The van der Waals surface area contributed by atoms with Crippen LogP contribution in [0.15, 0.2) is 48.8 Å². The van der Waals surface area contributed by atoms with E-state index in [0.717, 1.165) is 11.8 Å². The standard InChI is InChI=1S/C25H23ClF3N3O4/c1-12(16-7-15(26)3-4-18(16)25(27,28)29)36-21-6-14(9-32-24(21)30)13-2-5-19(31-8-13)17-10-34-23-20(33)11-35-22(17)23/h2-9,12,17,20,22-23,33H,10-11H2,1H3,(H2,30,32)/t12-,17-,20-,22-,23-/m1/s1. The van der Waals surface area contributed by atoms with Crippen molar-refractivity contribution in [1.29, 1.82) is 0 Å². The lowest BCUT2D eigenvalue weighted by Crippen LogP contribution is -2.28. The molecular weight excluding hydrogens is 499 g/mol. The SMILES string of the molecule is C[C@@H](Oc1cc(-c2ccc([C@H]3CO[C@H]4[C@@H]3OC[C@H]4O)nc2)cnc1N)c1cc(Cl)ccc1C(F)(F)F. The highest BCUT2D eigenvalue weighted by molar-refractivity contribution is 6.30. The number of fused-ring (bicyclic) bond motifs is 1. The van der Waals surface area contributed by atoms with Gasteiger partial charge in [-0.3, -0.25) is 4.98 Å². The zero-order chi connectivity index (χ0) is 25.6. The minimum Gasteiger partial charge on any atom is -0.482 e. The predicted octanol–water partition coefficient (Wildman–Crippen LogP) is 4.78. The summed E-state index contributed by atoms with van der Waals surface area (Å²) in [5.74, 6) is 0.0837.